The smallest absolute Gasteiger partial charge is 0.379 e. The summed E-state index contributed by atoms with van der Waals surface area (Å²) in [5.41, 5.74) is 1.70. The molecule has 2 N–H and O–H groups in total. The number of hydrogen-bond acceptors (Lipinski definition) is 12. The second kappa shape index (κ2) is 16.3. The molecule has 0 aliphatic carbocycles. The predicted octanol–water partition coefficient (Wildman–Crippen LogP) is 6.76. The van der Waals surface area contributed by atoms with Gasteiger partial charge in [0.1, 0.15) is 22.5 Å². The molecule has 1 saturated heterocycles. The highest BCUT2D eigenvalue weighted by atomic mass is 35.5. The van der Waals surface area contributed by atoms with Gasteiger partial charge in [-0.3, -0.25) is 14.5 Å². The second-order valence-corrected chi connectivity index (χ2v) is 16.5. The van der Waals surface area contributed by atoms with E-state index in [0.717, 1.165) is 16.7 Å². The number of ether oxygens (including phenoxy) is 1. The maximum absolute atomic E-state index is 13.9. The highest BCUT2D eigenvalue weighted by molar-refractivity contribution is 8.00. The number of amides is 2. The van der Waals surface area contributed by atoms with Gasteiger partial charge in [0.05, 0.1) is 11.8 Å². The molecule has 1 fully saturated rings. The average molecular weight is 802 g/mol. The summed E-state index contributed by atoms with van der Waals surface area (Å²) >= 11 is 8.82. The van der Waals surface area contributed by atoms with E-state index >= 15 is 0 Å². The van der Waals surface area contributed by atoms with Crippen molar-refractivity contribution in [2.45, 2.75) is 63.2 Å². The molecular weight excluding hydrogens is 762 g/mol. The van der Waals surface area contributed by atoms with Gasteiger partial charge in [0, 0.05) is 17.0 Å². The highest BCUT2D eigenvalue weighted by Crippen LogP contribution is 2.42. The van der Waals surface area contributed by atoms with Gasteiger partial charge in [0.25, 0.3) is 0 Å². The van der Waals surface area contributed by atoms with Crippen LogP contribution in [0.3, 0.4) is 0 Å². The van der Waals surface area contributed by atoms with E-state index in [2.05, 4.69) is 16.0 Å². The minimum atomic E-state index is -1.64. The van der Waals surface area contributed by atoms with Crippen LogP contribution in [0.5, 0.6) is 0 Å². The summed E-state index contributed by atoms with van der Waals surface area (Å²) in [5.74, 6) is -2.52. The molecule has 6 rings (SSSR count). The monoisotopic (exact) mass is 801 g/mol. The normalized spacial score (nSPS) is 16.1. The maximum Gasteiger partial charge on any atom is 0.379 e. The number of hydroxylamine groups is 1. The van der Waals surface area contributed by atoms with E-state index < -0.39 is 40.3 Å². The summed E-state index contributed by atoms with van der Waals surface area (Å²) in [5, 5.41) is 9.55. The Balaban J connectivity index is 1.35. The summed E-state index contributed by atoms with van der Waals surface area (Å²) in [7, 11) is 0. The molecule has 3 heterocycles. The lowest BCUT2D eigenvalue weighted by molar-refractivity contribution is -0.179. The number of carbonyl (C=O) groups excluding carboxylic acids is 4. The fourth-order valence-electron chi connectivity index (χ4n) is 5.94. The standard InChI is InChI=1S/C40H40ClN5O7S2/c1-38(2,3)51-36(50)39(4,5)53-44-32(34(48)45-52-35(49)33-25(22-41)23-54-31-21-30(47)46(31)33)29-24-55-37(42-29)43-40(26-15-9-6-10-16-26,27-17-11-7-12-18-27)28-19-13-8-14-20-28/h6-20,24,31H,21-23H2,1-5H3,(H,42,43)(H,45,48)/b44-32-/t31-/m0/s1. The molecule has 2 aliphatic rings. The number of esters is 1. The van der Waals surface area contributed by atoms with Gasteiger partial charge in [-0.05, 0) is 56.9 Å². The molecule has 55 heavy (non-hydrogen) atoms. The number of alkyl halides is 1. The van der Waals surface area contributed by atoms with E-state index in [1.807, 2.05) is 91.0 Å². The number of nitrogens with zero attached hydrogens (tertiary/aromatic N) is 3. The molecule has 0 spiro atoms. The summed E-state index contributed by atoms with van der Waals surface area (Å²) < 4.78 is 5.51. The summed E-state index contributed by atoms with van der Waals surface area (Å²) in [4.78, 5) is 69.8. The fraction of sp³-hybridized carbons (Fsp3) is 0.300. The van der Waals surface area contributed by atoms with E-state index in [0.29, 0.717) is 16.5 Å². The number of β-lactam (4-membered cyclic amide) rings is 1. The Morgan fingerprint density at radius 1 is 0.909 bits per heavy atom. The van der Waals surface area contributed by atoms with E-state index in [1.54, 1.807) is 26.2 Å². The number of aromatic nitrogens is 1. The van der Waals surface area contributed by atoms with Crippen LogP contribution >= 0.6 is 34.7 Å². The van der Waals surface area contributed by atoms with E-state index in [9.17, 15) is 19.2 Å². The zero-order valence-corrected chi connectivity index (χ0v) is 33.2. The number of halogens is 1. The van der Waals surface area contributed by atoms with Crippen molar-refractivity contribution in [2.75, 3.05) is 16.9 Å². The number of nitrogens with one attached hydrogen (secondary N) is 2. The van der Waals surface area contributed by atoms with Crippen molar-refractivity contribution < 1.29 is 33.6 Å². The first kappa shape index (κ1) is 39.5. The van der Waals surface area contributed by atoms with Crippen LogP contribution in [0.1, 0.15) is 63.4 Å². The van der Waals surface area contributed by atoms with E-state index in [-0.39, 0.29) is 35.0 Å². The zero-order chi connectivity index (χ0) is 39.4. The Labute approximate surface area is 332 Å². The number of benzene rings is 3. The number of hydrogen-bond donors (Lipinski definition) is 2. The third kappa shape index (κ3) is 8.56. The number of oxime groups is 1. The second-order valence-electron chi connectivity index (χ2n) is 14.2. The lowest BCUT2D eigenvalue weighted by atomic mass is 9.77. The van der Waals surface area contributed by atoms with Crippen molar-refractivity contribution >= 4 is 69.3 Å². The molecule has 1 aromatic heterocycles. The Kier molecular flexibility index (Phi) is 11.7. The quantitative estimate of drug-likeness (QED) is 0.0393. The van der Waals surface area contributed by atoms with Crippen LogP contribution in [-0.2, 0) is 39.1 Å². The highest BCUT2D eigenvalue weighted by Gasteiger charge is 2.46. The molecule has 0 unspecified atom stereocenters. The maximum atomic E-state index is 13.9. The molecule has 4 aromatic rings. The van der Waals surface area contributed by atoms with Crippen LogP contribution in [0.25, 0.3) is 0 Å². The van der Waals surface area contributed by atoms with Gasteiger partial charge >= 0.3 is 17.8 Å². The van der Waals surface area contributed by atoms with Crippen LogP contribution in [0.2, 0.25) is 0 Å². The Hall–Kier alpha value is -5.18. The first-order chi connectivity index (χ1) is 26.2. The molecule has 0 saturated carbocycles. The molecule has 2 amide bonds. The lowest BCUT2D eigenvalue weighted by Gasteiger charge is -2.44. The average Bonchev–Trinajstić information content (AvgIpc) is 3.63. The number of carbonyl (C=O) groups is 4. The predicted molar refractivity (Wildman–Crippen MR) is 212 cm³/mol. The number of rotatable bonds is 12. The van der Waals surface area contributed by atoms with Gasteiger partial charge in [-0.25, -0.2) is 14.6 Å². The number of thiazole rings is 1. The Morgan fingerprint density at radius 2 is 1.47 bits per heavy atom. The minimum absolute atomic E-state index is 0.00434. The first-order valence-electron chi connectivity index (χ1n) is 17.4. The SMILES string of the molecule is CC(C)(C)OC(=O)C(C)(C)O/N=C(\C(=O)NOC(=O)C1=C(CCl)CS[C@H]2CC(=O)N12)c1csc(NC(c2ccccc2)(c2ccccc2)c2ccccc2)n1. The molecule has 3 aromatic carbocycles. The molecule has 0 radical (unpaired) electrons. The largest absolute Gasteiger partial charge is 0.457 e. The zero-order valence-electron chi connectivity index (χ0n) is 30.8. The van der Waals surface area contributed by atoms with Gasteiger partial charge in [0.15, 0.2) is 10.8 Å². The number of anilines is 1. The summed E-state index contributed by atoms with van der Waals surface area (Å²) in [6.45, 7) is 8.04. The van der Waals surface area contributed by atoms with Gasteiger partial charge < -0.3 is 19.7 Å². The molecular formula is C40H40ClN5O7S2. The molecule has 286 valence electrons. The fourth-order valence-corrected chi connectivity index (χ4v) is 8.29. The third-order valence-corrected chi connectivity index (χ3v) is 11.0. The van der Waals surface area contributed by atoms with Crippen molar-refractivity contribution in [1.29, 1.82) is 0 Å². The topological polar surface area (TPSA) is 149 Å². The van der Waals surface area contributed by atoms with Crippen molar-refractivity contribution in [3.05, 3.63) is 130 Å². The minimum Gasteiger partial charge on any atom is -0.457 e. The van der Waals surface area contributed by atoms with Crippen molar-refractivity contribution in [1.82, 2.24) is 15.4 Å². The summed E-state index contributed by atoms with van der Waals surface area (Å²) in [6.07, 6.45) is 0.283. The van der Waals surface area contributed by atoms with Crippen LogP contribution < -0.4 is 10.8 Å². The van der Waals surface area contributed by atoms with Crippen molar-refractivity contribution in [3.63, 3.8) is 0 Å². The van der Waals surface area contributed by atoms with E-state index in [1.165, 1.54) is 41.8 Å². The number of thioether (sulfide) groups is 1. The molecule has 2 aliphatic heterocycles. The van der Waals surface area contributed by atoms with Gasteiger partial charge in [-0.15, -0.1) is 34.7 Å². The molecule has 15 heteroatoms. The summed E-state index contributed by atoms with van der Waals surface area (Å²) in [6, 6.07) is 29.7. The Bertz CT molecular complexity index is 2020. The third-order valence-electron chi connectivity index (χ3n) is 8.66. The van der Waals surface area contributed by atoms with Crippen LogP contribution in [0.4, 0.5) is 5.13 Å². The molecule has 1 atom stereocenters. The number of fused-ring (bicyclic) bond motifs is 1. The van der Waals surface area contributed by atoms with Gasteiger partial charge in [0.2, 0.25) is 11.5 Å². The van der Waals surface area contributed by atoms with Crippen molar-refractivity contribution in [2.24, 2.45) is 5.16 Å². The van der Waals surface area contributed by atoms with Crippen LogP contribution in [-0.4, -0.2) is 67.6 Å². The van der Waals surface area contributed by atoms with Crippen LogP contribution in [0.15, 0.2) is 113 Å². The molecule has 0 bridgehead atoms. The van der Waals surface area contributed by atoms with E-state index in [4.69, 9.17) is 31.0 Å². The van der Waals surface area contributed by atoms with Gasteiger partial charge in [-0.1, -0.05) is 96.2 Å². The van der Waals surface area contributed by atoms with Gasteiger partial charge in [-0.2, -0.15) is 5.48 Å². The van der Waals surface area contributed by atoms with Crippen LogP contribution in [0, 0.1) is 0 Å². The van der Waals surface area contributed by atoms with Crippen molar-refractivity contribution in [3.8, 4) is 0 Å². The lowest BCUT2D eigenvalue weighted by Crippen LogP contribution is -2.54. The Morgan fingerprint density at radius 3 is 1.98 bits per heavy atom. The first-order valence-corrected chi connectivity index (χ1v) is 19.8. The molecule has 12 nitrogen and oxygen atoms in total.